The van der Waals surface area contributed by atoms with E-state index < -0.39 is 5.97 Å². The van der Waals surface area contributed by atoms with Crippen molar-refractivity contribution in [3.63, 3.8) is 0 Å². The van der Waals surface area contributed by atoms with Gasteiger partial charge in [0.1, 0.15) is 5.76 Å². The fraction of sp³-hybridized carbons (Fsp3) is 0.333. The third-order valence-corrected chi connectivity index (χ3v) is 3.27. The normalized spacial score (nSPS) is 14.2. The molecule has 0 saturated carbocycles. The molecule has 0 spiro atoms. The smallest absolute Gasteiger partial charge is 0.356 e. The Balaban J connectivity index is 1.82. The van der Waals surface area contributed by atoms with Gasteiger partial charge in [0.05, 0.1) is 12.2 Å². The molecule has 0 bridgehead atoms. The first-order chi connectivity index (χ1) is 9.56. The van der Waals surface area contributed by atoms with Crippen molar-refractivity contribution in [1.82, 2.24) is 20.3 Å². The summed E-state index contributed by atoms with van der Waals surface area (Å²) in [4.78, 5) is 24.8. The highest BCUT2D eigenvalue weighted by atomic mass is 16.5. The summed E-state index contributed by atoms with van der Waals surface area (Å²) in [5.41, 5.74) is 1.61. The number of aromatic amines is 1. The van der Waals surface area contributed by atoms with Gasteiger partial charge in [0.15, 0.2) is 11.4 Å². The molecule has 0 aliphatic carbocycles. The van der Waals surface area contributed by atoms with E-state index in [0.717, 1.165) is 0 Å². The van der Waals surface area contributed by atoms with E-state index in [-0.39, 0.29) is 17.3 Å². The van der Waals surface area contributed by atoms with Gasteiger partial charge in [0.25, 0.3) is 5.91 Å². The van der Waals surface area contributed by atoms with Crippen LogP contribution in [0.5, 0.6) is 0 Å². The predicted octanol–water partition coefficient (Wildman–Crippen LogP) is 0.603. The van der Waals surface area contributed by atoms with E-state index in [9.17, 15) is 9.59 Å². The Morgan fingerprint density at radius 2 is 2.30 bits per heavy atom. The number of nitrogens with one attached hydrogen (secondary N) is 1. The van der Waals surface area contributed by atoms with Crippen LogP contribution in [-0.4, -0.2) is 43.8 Å². The fourth-order valence-electron chi connectivity index (χ4n) is 2.30. The van der Waals surface area contributed by atoms with Crippen molar-refractivity contribution in [3.05, 3.63) is 34.5 Å². The van der Waals surface area contributed by atoms with Crippen molar-refractivity contribution in [3.8, 4) is 0 Å². The molecule has 0 saturated heterocycles. The molecule has 1 aliphatic rings. The standard InChI is InChI=1S/C12H12N4O4/c1-6-4-8(15-20-6)11(17)16-3-2-7-9(5-16)13-14-10(7)12(18)19/h4H,2-3,5H2,1H3,(H,13,14)(H,18,19). The highest BCUT2D eigenvalue weighted by molar-refractivity contribution is 5.92. The Morgan fingerprint density at radius 3 is 2.95 bits per heavy atom. The Labute approximate surface area is 113 Å². The number of rotatable bonds is 2. The molecule has 2 aromatic rings. The van der Waals surface area contributed by atoms with E-state index in [1.807, 2.05) is 0 Å². The van der Waals surface area contributed by atoms with Gasteiger partial charge in [0, 0.05) is 18.2 Å². The first-order valence-electron chi connectivity index (χ1n) is 6.08. The first kappa shape index (κ1) is 12.4. The highest BCUT2D eigenvalue weighted by Gasteiger charge is 2.28. The van der Waals surface area contributed by atoms with E-state index in [0.29, 0.717) is 36.5 Å². The summed E-state index contributed by atoms with van der Waals surface area (Å²) < 4.78 is 4.89. The third kappa shape index (κ3) is 1.94. The number of carboxylic acids is 1. The van der Waals surface area contributed by atoms with Gasteiger partial charge in [-0.05, 0) is 13.3 Å². The monoisotopic (exact) mass is 276 g/mol. The van der Waals surface area contributed by atoms with E-state index in [1.165, 1.54) is 0 Å². The van der Waals surface area contributed by atoms with Gasteiger partial charge in [-0.3, -0.25) is 9.89 Å². The molecule has 8 nitrogen and oxygen atoms in total. The largest absolute Gasteiger partial charge is 0.476 e. The zero-order chi connectivity index (χ0) is 14.3. The number of hydrogen-bond acceptors (Lipinski definition) is 5. The molecule has 3 rings (SSSR count). The van der Waals surface area contributed by atoms with E-state index in [1.54, 1.807) is 17.9 Å². The molecule has 104 valence electrons. The molecule has 0 fully saturated rings. The van der Waals surface area contributed by atoms with Gasteiger partial charge < -0.3 is 14.5 Å². The maximum atomic E-state index is 12.2. The van der Waals surface area contributed by atoms with Crippen LogP contribution in [-0.2, 0) is 13.0 Å². The second-order valence-corrected chi connectivity index (χ2v) is 4.63. The molecule has 0 aromatic carbocycles. The van der Waals surface area contributed by atoms with Crippen LogP contribution in [0.4, 0.5) is 0 Å². The Hall–Kier alpha value is -2.64. The van der Waals surface area contributed by atoms with Gasteiger partial charge in [-0.1, -0.05) is 5.16 Å². The van der Waals surface area contributed by atoms with Crippen molar-refractivity contribution in [1.29, 1.82) is 0 Å². The topological polar surface area (TPSA) is 112 Å². The summed E-state index contributed by atoms with van der Waals surface area (Å²) in [5.74, 6) is -0.728. The first-order valence-corrected chi connectivity index (χ1v) is 6.08. The minimum Gasteiger partial charge on any atom is -0.476 e. The summed E-state index contributed by atoms with van der Waals surface area (Å²) in [5, 5.41) is 19.1. The van der Waals surface area contributed by atoms with Crippen LogP contribution >= 0.6 is 0 Å². The van der Waals surface area contributed by atoms with Gasteiger partial charge in [-0.25, -0.2) is 4.79 Å². The minimum atomic E-state index is -1.06. The van der Waals surface area contributed by atoms with Crippen molar-refractivity contribution in [2.75, 3.05) is 6.54 Å². The summed E-state index contributed by atoms with van der Waals surface area (Å²) >= 11 is 0. The summed E-state index contributed by atoms with van der Waals surface area (Å²) in [7, 11) is 0. The lowest BCUT2D eigenvalue weighted by Crippen LogP contribution is -2.36. The Morgan fingerprint density at radius 1 is 1.50 bits per heavy atom. The molecule has 0 unspecified atom stereocenters. The van der Waals surface area contributed by atoms with E-state index in [2.05, 4.69) is 15.4 Å². The van der Waals surface area contributed by atoms with Crippen LogP contribution in [0.2, 0.25) is 0 Å². The van der Waals surface area contributed by atoms with Crippen LogP contribution in [0.1, 0.15) is 38.0 Å². The van der Waals surface area contributed by atoms with Crippen LogP contribution < -0.4 is 0 Å². The van der Waals surface area contributed by atoms with Crippen molar-refractivity contribution in [2.24, 2.45) is 0 Å². The summed E-state index contributed by atoms with van der Waals surface area (Å²) in [6.07, 6.45) is 0.454. The molecule has 2 aromatic heterocycles. The number of aromatic nitrogens is 3. The molecule has 8 heteroatoms. The van der Waals surface area contributed by atoms with Crippen molar-refractivity contribution in [2.45, 2.75) is 19.9 Å². The predicted molar refractivity (Wildman–Crippen MR) is 65.2 cm³/mol. The van der Waals surface area contributed by atoms with Gasteiger partial charge in [0.2, 0.25) is 0 Å². The number of H-pyrrole nitrogens is 1. The third-order valence-electron chi connectivity index (χ3n) is 3.27. The quantitative estimate of drug-likeness (QED) is 0.830. The minimum absolute atomic E-state index is 0.0318. The lowest BCUT2D eigenvalue weighted by Gasteiger charge is -2.25. The number of carbonyl (C=O) groups is 2. The number of carbonyl (C=O) groups excluding carboxylic acids is 1. The average Bonchev–Trinajstić information content (AvgIpc) is 3.03. The van der Waals surface area contributed by atoms with Crippen molar-refractivity contribution < 1.29 is 19.2 Å². The molecular weight excluding hydrogens is 264 g/mol. The lowest BCUT2D eigenvalue weighted by atomic mass is 10.0. The maximum Gasteiger partial charge on any atom is 0.356 e. The maximum absolute atomic E-state index is 12.2. The van der Waals surface area contributed by atoms with Gasteiger partial charge in [-0.15, -0.1) is 0 Å². The Bertz CT molecular complexity index is 687. The number of hydrogen-bond donors (Lipinski definition) is 2. The molecule has 2 N–H and O–H groups in total. The highest BCUT2D eigenvalue weighted by Crippen LogP contribution is 2.21. The van der Waals surface area contributed by atoms with Crippen LogP contribution in [0.25, 0.3) is 0 Å². The molecule has 0 radical (unpaired) electrons. The second kappa shape index (κ2) is 4.48. The lowest BCUT2D eigenvalue weighted by molar-refractivity contribution is 0.0689. The zero-order valence-electron chi connectivity index (χ0n) is 10.7. The van der Waals surface area contributed by atoms with Crippen molar-refractivity contribution >= 4 is 11.9 Å². The number of amides is 1. The zero-order valence-corrected chi connectivity index (χ0v) is 10.7. The van der Waals surface area contributed by atoms with Crippen LogP contribution in [0.15, 0.2) is 10.6 Å². The van der Waals surface area contributed by atoms with Gasteiger partial charge >= 0.3 is 5.97 Å². The van der Waals surface area contributed by atoms with E-state index in [4.69, 9.17) is 9.63 Å². The number of nitrogens with zero attached hydrogens (tertiary/aromatic N) is 3. The van der Waals surface area contributed by atoms with Crippen LogP contribution in [0.3, 0.4) is 0 Å². The van der Waals surface area contributed by atoms with Gasteiger partial charge in [-0.2, -0.15) is 5.10 Å². The number of aryl methyl sites for hydroxylation is 1. The Kier molecular flexibility index (Phi) is 2.78. The van der Waals surface area contributed by atoms with E-state index >= 15 is 0 Å². The summed E-state index contributed by atoms with van der Waals surface area (Å²) in [6.45, 7) is 2.43. The summed E-state index contributed by atoms with van der Waals surface area (Å²) in [6, 6.07) is 1.58. The SMILES string of the molecule is Cc1cc(C(=O)N2CCc3c(C(=O)O)n[nH]c3C2)no1. The second-order valence-electron chi connectivity index (χ2n) is 4.63. The number of aromatic carboxylic acids is 1. The fourth-order valence-corrected chi connectivity index (χ4v) is 2.30. The molecular formula is C12H12N4O4. The number of carboxylic acid groups (broad SMARTS) is 1. The molecule has 1 aliphatic heterocycles. The molecule has 1 amide bonds. The molecule has 3 heterocycles. The van der Waals surface area contributed by atoms with Crippen LogP contribution in [0, 0.1) is 6.92 Å². The number of fused-ring (bicyclic) bond motifs is 1. The molecule has 20 heavy (non-hydrogen) atoms. The average molecular weight is 276 g/mol. The molecule has 0 atom stereocenters.